The smallest absolute Gasteiger partial charge is 0.294 e. The molecule has 0 radical (unpaired) electrons. The van der Waals surface area contributed by atoms with Crippen molar-refractivity contribution in [3.05, 3.63) is 90.3 Å². The minimum Gasteiger partial charge on any atom is -0.496 e. The molecule has 0 unspecified atom stereocenters. The summed E-state index contributed by atoms with van der Waals surface area (Å²) in [7, 11) is 1.71. The van der Waals surface area contributed by atoms with Gasteiger partial charge in [0.15, 0.2) is 17.6 Å². The fraction of sp³-hybridized carbons (Fsp3) is 0.136. The molecule has 0 saturated carbocycles. The van der Waals surface area contributed by atoms with E-state index in [2.05, 4.69) is 33.8 Å². The predicted molar refractivity (Wildman–Crippen MR) is 101 cm³/mol. The molecule has 0 saturated heterocycles. The van der Waals surface area contributed by atoms with Gasteiger partial charge in [-0.05, 0) is 30.3 Å². The number of benzene rings is 3. The van der Waals surface area contributed by atoms with Gasteiger partial charge in [0, 0.05) is 5.56 Å². The summed E-state index contributed by atoms with van der Waals surface area (Å²) < 4.78 is 13.7. The number of nitrogens with zero attached hydrogens (tertiary/aromatic N) is 1. The van der Waals surface area contributed by atoms with E-state index in [1.54, 1.807) is 7.11 Å². The van der Waals surface area contributed by atoms with E-state index < -0.39 is 0 Å². The number of H-pyrrole nitrogens is 1. The number of ether oxygens (including phenoxy) is 2. The molecule has 4 nitrogen and oxygen atoms in total. The molecule has 0 fully saturated rings. The topological polar surface area (TPSA) is 38.1 Å². The minimum atomic E-state index is 0.466. The lowest BCUT2D eigenvalue weighted by atomic mass is 10.2. The number of aromatic amines is 1. The van der Waals surface area contributed by atoms with E-state index in [0.717, 1.165) is 33.9 Å². The molecule has 4 rings (SSSR count). The van der Waals surface area contributed by atoms with Crippen molar-refractivity contribution in [3.8, 4) is 11.5 Å². The maximum Gasteiger partial charge on any atom is 0.294 e. The number of methoxy groups -OCH3 is 1. The zero-order valence-corrected chi connectivity index (χ0v) is 14.7. The van der Waals surface area contributed by atoms with Crippen LogP contribution in [-0.2, 0) is 13.2 Å². The van der Waals surface area contributed by atoms with Crippen LogP contribution in [0, 0.1) is 0 Å². The van der Waals surface area contributed by atoms with E-state index in [1.165, 1.54) is 0 Å². The van der Waals surface area contributed by atoms with Gasteiger partial charge in [0.1, 0.15) is 18.0 Å². The van der Waals surface area contributed by atoms with Gasteiger partial charge in [0.2, 0.25) is 0 Å². The van der Waals surface area contributed by atoms with Crippen molar-refractivity contribution in [2.45, 2.75) is 13.2 Å². The largest absolute Gasteiger partial charge is 0.496 e. The fourth-order valence-electron chi connectivity index (χ4n) is 3.15. The standard InChI is InChI=1S/C22H20N2O2/c1-25-21-14-8-5-9-17(21)15-24-20-13-7-6-12-19(20)23-22(24)16-26-18-10-3-2-4-11-18/h2-14H,15-16H2,1H3/p+1. The van der Waals surface area contributed by atoms with Crippen molar-refractivity contribution in [2.75, 3.05) is 7.11 Å². The Balaban J connectivity index is 1.69. The molecule has 0 aliphatic rings. The Morgan fingerprint density at radius 1 is 0.846 bits per heavy atom. The molecule has 0 bridgehead atoms. The van der Waals surface area contributed by atoms with Gasteiger partial charge in [0.25, 0.3) is 5.82 Å². The lowest BCUT2D eigenvalue weighted by molar-refractivity contribution is -0.671. The highest BCUT2D eigenvalue weighted by atomic mass is 16.5. The molecule has 130 valence electrons. The Bertz CT molecular complexity index is 1010. The highest BCUT2D eigenvalue weighted by Gasteiger charge is 2.20. The second kappa shape index (κ2) is 7.31. The van der Waals surface area contributed by atoms with E-state index in [1.807, 2.05) is 54.6 Å². The average Bonchev–Trinajstić information content (AvgIpc) is 3.05. The van der Waals surface area contributed by atoms with Gasteiger partial charge in [-0.25, -0.2) is 9.55 Å². The molecular formula is C22H21N2O2+. The number of rotatable bonds is 6. The summed E-state index contributed by atoms with van der Waals surface area (Å²) in [5, 5.41) is 0. The van der Waals surface area contributed by atoms with Crippen molar-refractivity contribution >= 4 is 11.0 Å². The summed E-state index contributed by atoms with van der Waals surface area (Å²) in [6.07, 6.45) is 0. The molecule has 3 aromatic carbocycles. The number of imidazole rings is 1. The van der Waals surface area contributed by atoms with Crippen LogP contribution in [-0.4, -0.2) is 12.1 Å². The molecule has 1 aromatic heterocycles. The predicted octanol–water partition coefficient (Wildman–Crippen LogP) is 4.09. The van der Waals surface area contributed by atoms with Crippen LogP contribution < -0.4 is 14.0 Å². The second-order valence-corrected chi connectivity index (χ2v) is 6.09. The first-order chi connectivity index (χ1) is 12.8. The lowest BCUT2D eigenvalue weighted by Crippen LogP contribution is -2.38. The van der Waals surface area contributed by atoms with Crippen LogP contribution in [0.5, 0.6) is 11.5 Å². The summed E-state index contributed by atoms with van der Waals surface area (Å²) in [6.45, 7) is 1.18. The molecule has 0 aliphatic carbocycles. The third kappa shape index (κ3) is 3.26. The highest BCUT2D eigenvalue weighted by molar-refractivity contribution is 5.71. The van der Waals surface area contributed by atoms with Crippen LogP contribution in [0.4, 0.5) is 0 Å². The summed E-state index contributed by atoms with van der Waals surface area (Å²) in [4.78, 5) is 3.49. The third-order valence-corrected chi connectivity index (χ3v) is 4.44. The van der Waals surface area contributed by atoms with Gasteiger partial charge in [-0.1, -0.05) is 48.5 Å². The Morgan fingerprint density at radius 2 is 1.58 bits per heavy atom. The zero-order chi connectivity index (χ0) is 17.8. The van der Waals surface area contributed by atoms with Crippen LogP contribution in [0.15, 0.2) is 78.9 Å². The van der Waals surface area contributed by atoms with Crippen molar-refractivity contribution in [2.24, 2.45) is 0 Å². The molecule has 0 atom stereocenters. The Morgan fingerprint density at radius 3 is 2.42 bits per heavy atom. The Kier molecular flexibility index (Phi) is 4.56. The molecule has 0 spiro atoms. The zero-order valence-electron chi connectivity index (χ0n) is 14.7. The lowest BCUT2D eigenvalue weighted by Gasteiger charge is -2.08. The molecule has 1 heterocycles. The average molecular weight is 345 g/mol. The van der Waals surface area contributed by atoms with Crippen LogP contribution in [0.2, 0.25) is 0 Å². The summed E-state index contributed by atoms with van der Waals surface area (Å²) in [5.74, 6) is 2.76. The van der Waals surface area contributed by atoms with E-state index in [9.17, 15) is 0 Å². The van der Waals surface area contributed by atoms with Crippen LogP contribution >= 0.6 is 0 Å². The monoisotopic (exact) mass is 345 g/mol. The molecule has 4 heteroatoms. The van der Waals surface area contributed by atoms with Crippen molar-refractivity contribution in [3.63, 3.8) is 0 Å². The SMILES string of the molecule is COc1ccccc1C[n+]1c(COc2ccccc2)[nH]c2ccccc21. The number of hydrogen-bond acceptors (Lipinski definition) is 2. The summed E-state index contributed by atoms with van der Waals surface area (Å²) >= 11 is 0. The quantitative estimate of drug-likeness (QED) is 0.535. The maximum absolute atomic E-state index is 5.97. The number of aromatic nitrogens is 2. The number of hydrogen-bond donors (Lipinski definition) is 1. The van der Waals surface area contributed by atoms with E-state index in [0.29, 0.717) is 13.2 Å². The van der Waals surface area contributed by atoms with Gasteiger partial charge in [-0.3, -0.25) is 0 Å². The molecular weight excluding hydrogens is 324 g/mol. The second-order valence-electron chi connectivity index (χ2n) is 6.09. The van der Waals surface area contributed by atoms with Crippen molar-refractivity contribution in [1.29, 1.82) is 0 Å². The first-order valence-corrected chi connectivity index (χ1v) is 8.64. The minimum absolute atomic E-state index is 0.466. The fourth-order valence-corrected chi connectivity index (χ4v) is 3.15. The highest BCUT2D eigenvalue weighted by Crippen LogP contribution is 2.19. The molecule has 0 aliphatic heterocycles. The summed E-state index contributed by atoms with van der Waals surface area (Å²) in [6, 6.07) is 26.3. The van der Waals surface area contributed by atoms with Crippen LogP contribution in [0.3, 0.4) is 0 Å². The van der Waals surface area contributed by atoms with Gasteiger partial charge < -0.3 is 9.47 Å². The van der Waals surface area contributed by atoms with E-state index >= 15 is 0 Å². The Hall–Kier alpha value is -3.27. The van der Waals surface area contributed by atoms with Crippen LogP contribution in [0.1, 0.15) is 11.4 Å². The maximum atomic E-state index is 5.97. The van der Waals surface area contributed by atoms with Crippen molar-refractivity contribution < 1.29 is 14.0 Å². The van der Waals surface area contributed by atoms with Gasteiger partial charge in [-0.2, -0.15) is 0 Å². The molecule has 1 N–H and O–H groups in total. The van der Waals surface area contributed by atoms with Crippen LogP contribution in [0.25, 0.3) is 11.0 Å². The summed E-state index contributed by atoms with van der Waals surface area (Å²) in [5.41, 5.74) is 3.37. The number of fused-ring (bicyclic) bond motifs is 1. The number of para-hydroxylation sites is 4. The first kappa shape index (κ1) is 16.2. The van der Waals surface area contributed by atoms with E-state index in [4.69, 9.17) is 9.47 Å². The Labute approximate surface area is 152 Å². The van der Waals surface area contributed by atoms with Gasteiger partial charge in [0.05, 0.1) is 7.11 Å². The first-order valence-electron chi connectivity index (χ1n) is 8.64. The van der Waals surface area contributed by atoms with E-state index in [-0.39, 0.29) is 0 Å². The van der Waals surface area contributed by atoms with Gasteiger partial charge >= 0.3 is 0 Å². The number of nitrogens with one attached hydrogen (secondary N) is 1. The normalized spacial score (nSPS) is 10.8. The molecule has 0 amide bonds. The third-order valence-electron chi connectivity index (χ3n) is 4.44. The molecule has 4 aromatic rings. The van der Waals surface area contributed by atoms with Gasteiger partial charge in [-0.15, -0.1) is 0 Å². The molecule has 26 heavy (non-hydrogen) atoms. The van der Waals surface area contributed by atoms with Crippen molar-refractivity contribution in [1.82, 2.24) is 4.98 Å².